The van der Waals surface area contributed by atoms with Gasteiger partial charge in [0.25, 0.3) is 0 Å². The summed E-state index contributed by atoms with van der Waals surface area (Å²) < 4.78 is -0.224. The van der Waals surface area contributed by atoms with Crippen molar-refractivity contribution in [1.29, 1.82) is 0 Å². The van der Waals surface area contributed by atoms with Gasteiger partial charge >= 0.3 is 0 Å². The summed E-state index contributed by atoms with van der Waals surface area (Å²) in [6, 6.07) is 0. The normalized spacial score (nSPS) is 30.9. The minimum atomic E-state index is -0.224. The summed E-state index contributed by atoms with van der Waals surface area (Å²) in [5, 5.41) is 13.9. The van der Waals surface area contributed by atoms with E-state index in [0.717, 1.165) is 18.0 Å². The molecule has 5 heteroatoms. The first-order valence-electron chi connectivity index (χ1n) is 6.41. The highest BCUT2D eigenvalue weighted by Gasteiger charge is 2.50. The first-order valence-corrected chi connectivity index (χ1v) is 7.22. The van der Waals surface area contributed by atoms with Crippen molar-refractivity contribution in [3.05, 3.63) is 0 Å². The summed E-state index contributed by atoms with van der Waals surface area (Å²) in [6.45, 7) is 12.9. The molecule has 0 saturated carbocycles. The largest absolute Gasteiger partial charge is 0.409 e. The number of amidine groups is 2. The molecule has 1 fully saturated rings. The van der Waals surface area contributed by atoms with Gasteiger partial charge in [0.2, 0.25) is 0 Å². The highest BCUT2D eigenvalue weighted by atomic mass is 32.2. The van der Waals surface area contributed by atoms with E-state index in [1.807, 2.05) is 0 Å². The molecule has 0 radical (unpaired) electrons. The van der Waals surface area contributed by atoms with Crippen LogP contribution in [0.1, 0.15) is 54.4 Å². The predicted molar refractivity (Wildman–Crippen MR) is 77.6 cm³/mol. The van der Waals surface area contributed by atoms with Crippen LogP contribution in [0.15, 0.2) is 10.1 Å². The van der Waals surface area contributed by atoms with Gasteiger partial charge in [0.15, 0.2) is 11.0 Å². The quantitative estimate of drug-likeness (QED) is 0.542. The van der Waals surface area contributed by atoms with Crippen molar-refractivity contribution in [2.45, 2.75) is 70.2 Å². The maximum atomic E-state index is 9.37. The van der Waals surface area contributed by atoms with Crippen LogP contribution in [0.2, 0.25) is 0 Å². The molecule has 0 bridgehead atoms. The second-order valence-electron chi connectivity index (χ2n) is 6.89. The van der Waals surface area contributed by atoms with Crippen LogP contribution < -0.4 is 0 Å². The fourth-order valence-corrected chi connectivity index (χ4v) is 3.90. The Kier molecular flexibility index (Phi) is 2.96. The van der Waals surface area contributed by atoms with Crippen LogP contribution in [0.4, 0.5) is 0 Å². The third kappa shape index (κ3) is 2.13. The molecule has 0 aromatic carbocycles. The summed E-state index contributed by atoms with van der Waals surface area (Å²) in [5.41, 5.74) is -0.107. The average Bonchev–Trinajstić information content (AvgIpc) is 2.41. The Morgan fingerprint density at radius 3 is 2.33 bits per heavy atom. The van der Waals surface area contributed by atoms with E-state index in [1.54, 1.807) is 11.8 Å². The Morgan fingerprint density at radius 2 is 1.78 bits per heavy atom. The van der Waals surface area contributed by atoms with Gasteiger partial charge in [-0.15, -0.1) is 0 Å². The van der Waals surface area contributed by atoms with E-state index in [9.17, 15) is 5.21 Å². The van der Waals surface area contributed by atoms with Gasteiger partial charge in [-0.1, -0.05) is 16.9 Å². The molecule has 4 nitrogen and oxygen atoms in total. The molecule has 2 aliphatic rings. The molecule has 0 aromatic heterocycles. The molecule has 102 valence electrons. The van der Waals surface area contributed by atoms with Crippen molar-refractivity contribution >= 4 is 22.8 Å². The van der Waals surface area contributed by atoms with E-state index in [4.69, 9.17) is 4.99 Å². The molecule has 1 N–H and O–H groups in total. The molecule has 0 atom stereocenters. The lowest BCUT2D eigenvalue weighted by Gasteiger charge is -2.36. The van der Waals surface area contributed by atoms with E-state index in [1.165, 1.54) is 0 Å². The zero-order chi connectivity index (χ0) is 13.8. The number of aliphatic imine (C=N–C) groups is 1. The number of hydrogen-bond donors (Lipinski definition) is 1. The summed E-state index contributed by atoms with van der Waals surface area (Å²) in [5.74, 6) is 0.717. The maximum Gasteiger partial charge on any atom is 0.166 e. The molecule has 0 spiro atoms. The van der Waals surface area contributed by atoms with Crippen LogP contribution in [0.3, 0.4) is 0 Å². The van der Waals surface area contributed by atoms with Crippen LogP contribution in [0.25, 0.3) is 0 Å². The van der Waals surface area contributed by atoms with E-state index < -0.39 is 0 Å². The Labute approximate surface area is 114 Å². The minimum absolute atomic E-state index is 0.0463. The topological polar surface area (TPSA) is 48.2 Å². The highest BCUT2D eigenvalue weighted by molar-refractivity contribution is 8.16. The van der Waals surface area contributed by atoms with E-state index in [0.29, 0.717) is 5.84 Å². The smallest absolute Gasteiger partial charge is 0.166 e. The van der Waals surface area contributed by atoms with Gasteiger partial charge < -0.3 is 5.21 Å². The fraction of sp³-hybridized carbons (Fsp3) is 0.846. The number of hydrogen-bond acceptors (Lipinski definition) is 4. The van der Waals surface area contributed by atoms with Gasteiger partial charge in [0.1, 0.15) is 0 Å². The molecular formula is C13H23N3OS. The molecular weight excluding hydrogens is 246 g/mol. The molecule has 2 rings (SSSR count). The number of rotatable bonds is 0. The average molecular weight is 269 g/mol. The van der Waals surface area contributed by atoms with Crippen molar-refractivity contribution in [2.75, 3.05) is 0 Å². The molecule has 0 amide bonds. The van der Waals surface area contributed by atoms with Gasteiger partial charge in [-0.25, -0.2) is 0 Å². The van der Waals surface area contributed by atoms with Crippen molar-refractivity contribution in [3.8, 4) is 0 Å². The van der Waals surface area contributed by atoms with Crippen LogP contribution in [0, 0.1) is 0 Å². The zero-order valence-electron chi connectivity index (χ0n) is 12.1. The van der Waals surface area contributed by atoms with Gasteiger partial charge in [0, 0.05) is 5.54 Å². The summed E-state index contributed by atoms with van der Waals surface area (Å²) in [7, 11) is 0. The van der Waals surface area contributed by atoms with Crippen molar-refractivity contribution in [3.63, 3.8) is 0 Å². The van der Waals surface area contributed by atoms with Crippen LogP contribution >= 0.6 is 11.8 Å². The van der Waals surface area contributed by atoms with Crippen LogP contribution in [-0.4, -0.2) is 36.9 Å². The Hall–Kier alpha value is -0.710. The van der Waals surface area contributed by atoms with Gasteiger partial charge in [0.05, 0.1) is 10.3 Å². The molecule has 0 aliphatic carbocycles. The minimum Gasteiger partial charge on any atom is -0.409 e. The second-order valence-corrected chi connectivity index (χ2v) is 8.48. The summed E-state index contributed by atoms with van der Waals surface area (Å²) in [6.07, 6.45) is 2.07. The van der Waals surface area contributed by atoms with Gasteiger partial charge in [-0.3, -0.25) is 9.89 Å². The van der Waals surface area contributed by atoms with Gasteiger partial charge in [-0.05, 0) is 54.4 Å². The van der Waals surface area contributed by atoms with Crippen molar-refractivity contribution in [2.24, 2.45) is 10.1 Å². The lowest BCUT2D eigenvalue weighted by molar-refractivity contribution is 0.255. The number of fused-ring (bicyclic) bond motifs is 1. The number of oxime groups is 1. The molecule has 1 saturated heterocycles. The van der Waals surface area contributed by atoms with Crippen molar-refractivity contribution in [1.82, 2.24) is 4.90 Å². The van der Waals surface area contributed by atoms with E-state index in [-0.39, 0.29) is 15.8 Å². The van der Waals surface area contributed by atoms with Crippen LogP contribution in [0.5, 0.6) is 0 Å². The highest BCUT2D eigenvalue weighted by Crippen LogP contribution is 2.45. The monoisotopic (exact) mass is 269 g/mol. The standard InChI is InChI=1S/C13H23N3OS/c1-11(2)7-8-12(3,4)16-9(15-17)13(5,6)18-10(16)14-11/h17H,7-8H2,1-6H3/b15-9-. The third-order valence-corrected chi connectivity index (χ3v) is 4.88. The third-order valence-electron chi connectivity index (χ3n) is 3.73. The summed E-state index contributed by atoms with van der Waals surface area (Å²) in [4.78, 5) is 6.99. The van der Waals surface area contributed by atoms with Gasteiger partial charge in [-0.2, -0.15) is 0 Å². The summed E-state index contributed by atoms with van der Waals surface area (Å²) >= 11 is 1.69. The lowest BCUT2D eigenvalue weighted by Crippen LogP contribution is -2.49. The fourth-order valence-electron chi connectivity index (χ4n) is 2.50. The molecule has 2 aliphatic heterocycles. The van der Waals surface area contributed by atoms with Crippen molar-refractivity contribution < 1.29 is 5.21 Å². The second kappa shape index (κ2) is 3.89. The van der Waals surface area contributed by atoms with Crippen LogP contribution in [-0.2, 0) is 0 Å². The maximum absolute atomic E-state index is 9.37. The predicted octanol–water partition coefficient (Wildman–Crippen LogP) is 3.31. The van der Waals surface area contributed by atoms with E-state index in [2.05, 4.69) is 51.6 Å². The molecule has 18 heavy (non-hydrogen) atoms. The molecule has 0 aromatic rings. The first-order chi connectivity index (χ1) is 8.09. The Bertz CT molecular complexity index is 424. The SMILES string of the molecule is CC1(C)CCC(C)(C)N2C(=N1)SC(C)(C)/C2=N/O. The molecule has 2 heterocycles. The number of nitrogens with zero attached hydrogens (tertiary/aromatic N) is 3. The lowest BCUT2D eigenvalue weighted by atomic mass is 9.89. The zero-order valence-corrected chi connectivity index (χ0v) is 12.9. The first kappa shape index (κ1) is 13.7. The number of thioether (sulfide) groups is 1. The molecule has 0 unspecified atom stereocenters. The Morgan fingerprint density at radius 1 is 1.17 bits per heavy atom. The van der Waals surface area contributed by atoms with E-state index >= 15 is 0 Å². The Balaban J connectivity index is 2.56.